The highest BCUT2D eigenvalue weighted by Gasteiger charge is 2.19. The van der Waals surface area contributed by atoms with E-state index in [0.717, 1.165) is 43.0 Å². The van der Waals surface area contributed by atoms with E-state index in [1.807, 2.05) is 15.6 Å². The topological polar surface area (TPSA) is 53.4 Å². The van der Waals surface area contributed by atoms with Crippen molar-refractivity contribution in [1.82, 2.24) is 24.9 Å². The zero-order valence-corrected chi connectivity index (χ0v) is 15.3. The van der Waals surface area contributed by atoms with E-state index in [1.165, 1.54) is 4.90 Å². The number of nitrogens with zero attached hydrogens (tertiary/aromatic N) is 4. The maximum absolute atomic E-state index is 13.4. The summed E-state index contributed by atoms with van der Waals surface area (Å²) < 4.78 is 41.9. The van der Waals surface area contributed by atoms with Gasteiger partial charge in [0, 0.05) is 40.3 Å². The highest BCUT2D eigenvalue weighted by atomic mass is 19.2. The van der Waals surface area contributed by atoms with Crippen LogP contribution in [-0.2, 0) is 26.2 Å². The fourth-order valence-corrected chi connectivity index (χ4v) is 3.09. The van der Waals surface area contributed by atoms with E-state index in [0.29, 0.717) is 25.2 Å². The normalized spacial score (nSPS) is 14.6. The molecule has 0 fully saturated rings. The molecule has 0 radical (unpaired) electrons. The van der Waals surface area contributed by atoms with Crippen LogP contribution in [0.25, 0.3) is 0 Å². The Balaban J connectivity index is 1.68. The van der Waals surface area contributed by atoms with E-state index in [1.54, 1.807) is 14.1 Å². The number of carbonyl (C=O) groups is 1. The Hall–Kier alpha value is -2.55. The number of hydrogen-bond acceptors (Lipinski definition) is 3. The molecule has 1 aliphatic heterocycles. The lowest BCUT2D eigenvalue weighted by atomic mass is 10.2. The van der Waals surface area contributed by atoms with Gasteiger partial charge in [-0.1, -0.05) is 0 Å². The number of hydrogen-bond donors (Lipinski definition) is 1. The van der Waals surface area contributed by atoms with Crippen LogP contribution in [0.3, 0.4) is 0 Å². The summed E-state index contributed by atoms with van der Waals surface area (Å²) in [6, 6.07) is 3.78. The number of halogens is 3. The summed E-state index contributed by atoms with van der Waals surface area (Å²) >= 11 is 0. The molecule has 0 aliphatic carbocycles. The largest absolute Gasteiger partial charge is 0.332 e. The molecule has 1 N–H and O–H groups in total. The lowest BCUT2D eigenvalue weighted by molar-refractivity contribution is 0.217. The minimum atomic E-state index is -1.45. The fourth-order valence-electron chi connectivity index (χ4n) is 3.09. The number of aryl methyl sites for hydroxylation is 1. The average Bonchev–Trinajstić information content (AvgIpc) is 2.89. The number of carbonyl (C=O) groups excluding carboxylic acids is 1. The highest BCUT2D eigenvalue weighted by Crippen LogP contribution is 2.19. The Kier molecular flexibility index (Phi) is 5.69. The van der Waals surface area contributed by atoms with Crippen molar-refractivity contribution in [2.45, 2.75) is 32.6 Å². The number of nitrogens with one attached hydrogen (secondary N) is 1. The Morgan fingerprint density at radius 1 is 1.19 bits per heavy atom. The number of urea groups is 1. The number of rotatable bonds is 4. The predicted molar refractivity (Wildman–Crippen MR) is 93.2 cm³/mol. The molecular weight excluding hydrogens is 359 g/mol. The molecule has 1 aromatic heterocycles. The Bertz CT molecular complexity index is 813. The number of benzene rings is 1. The van der Waals surface area contributed by atoms with Crippen molar-refractivity contribution in [3.05, 3.63) is 52.6 Å². The summed E-state index contributed by atoms with van der Waals surface area (Å²) in [6.07, 6.45) is 0.824. The summed E-state index contributed by atoms with van der Waals surface area (Å²) in [6.45, 7) is 2.64. The van der Waals surface area contributed by atoms with Crippen LogP contribution in [0.15, 0.2) is 18.2 Å². The molecule has 6 nitrogen and oxygen atoms in total. The molecule has 0 bridgehead atoms. The lowest BCUT2D eigenvalue weighted by Gasteiger charge is -2.19. The molecule has 2 amide bonds. The van der Waals surface area contributed by atoms with Crippen LogP contribution in [0.2, 0.25) is 0 Å². The second-order valence-electron chi connectivity index (χ2n) is 6.84. The minimum absolute atomic E-state index is 0.194. The van der Waals surface area contributed by atoms with Crippen LogP contribution < -0.4 is 5.32 Å². The first-order chi connectivity index (χ1) is 12.8. The quantitative estimate of drug-likeness (QED) is 0.828. The summed E-state index contributed by atoms with van der Waals surface area (Å²) in [5.41, 5.74) is 2.10. The van der Waals surface area contributed by atoms with Crippen LogP contribution in [0.1, 0.15) is 23.4 Å². The van der Waals surface area contributed by atoms with Crippen molar-refractivity contribution in [1.29, 1.82) is 0 Å². The van der Waals surface area contributed by atoms with Gasteiger partial charge in [-0.15, -0.1) is 0 Å². The smallest absolute Gasteiger partial charge is 0.317 e. The molecule has 0 saturated carbocycles. The molecule has 1 aromatic carbocycles. The molecule has 0 spiro atoms. The van der Waals surface area contributed by atoms with Crippen molar-refractivity contribution in [3.63, 3.8) is 0 Å². The molecule has 146 valence electrons. The van der Waals surface area contributed by atoms with Crippen molar-refractivity contribution in [2.24, 2.45) is 0 Å². The van der Waals surface area contributed by atoms with Crippen LogP contribution in [0, 0.1) is 17.5 Å². The van der Waals surface area contributed by atoms with Crippen molar-refractivity contribution in [2.75, 3.05) is 20.6 Å². The van der Waals surface area contributed by atoms with E-state index >= 15 is 0 Å². The van der Waals surface area contributed by atoms with E-state index in [9.17, 15) is 18.0 Å². The first-order valence-corrected chi connectivity index (χ1v) is 8.70. The van der Waals surface area contributed by atoms with Gasteiger partial charge >= 0.3 is 6.03 Å². The zero-order chi connectivity index (χ0) is 19.6. The monoisotopic (exact) mass is 381 g/mol. The molecular formula is C18H22F3N5O. The Morgan fingerprint density at radius 3 is 2.56 bits per heavy atom. The summed E-state index contributed by atoms with van der Waals surface area (Å²) in [4.78, 5) is 15.1. The molecule has 3 rings (SSSR count). The molecule has 0 saturated heterocycles. The van der Waals surface area contributed by atoms with E-state index in [-0.39, 0.29) is 6.03 Å². The van der Waals surface area contributed by atoms with Crippen molar-refractivity contribution >= 4 is 6.03 Å². The molecule has 27 heavy (non-hydrogen) atoms. The fraction of sp³-hybridized carbons (Fsp3) is 0.444. The third kappa shape index (κ3) is 4.60. The molecule has 0 atom stereocenters. The average molecular weight is 381 g/mol. The Morgan fingerprint density at radius 2 is 1.89 bits per heavy atom. The second-order valence-corrected chi connectivity index (χ2v) is 6.84. The highest BCUT2D eigenvalue weighted by molar-refractivity contribution is 5.73. The van der Waals surface area contributed by atoms with Crippen LogP contribution in [-0.4, -0.2) is 46.3 Å². The number of fused-ring (bicyclic) bond motifs is 1. The van der Waals surface area contributed by atoms with Crippen LogP contribution in [0.4, 0.5) is 18.0 Å². The van der Waals surface area contributed by atoms with Crippen LogP contribution in [0.5, 0.6) is 0 Å². The second kappa shape index (κ2) is 7.99. The first kappa shape index (κ1) is 19.2. The maximum Gasteiger partial charge on any atom is 0.317 e. The van der Waals surface area contributed by atoms with E-state index < -0.39 is 17.5 Å². The standard InChI is InChI=1S/C18H22F3N5O/c1-24(2)18(27)22-9-13-8-14-11-25(4-3-5-26(14)23-13)10-12-6-15(19)17(21)16(20)7-12/h6-8H,3-5,9-11H2,1-2H3,(H,22,27). The molecule has 9 heteroatoms. The van der Waals surface area contributed by atoms with Gasteiger partial charge in [-0.25, -0.2) is 18.0 Å². The zero-order valence-electron chi connectivity index (χ0n) is 15.3. The van der Waals surface area contributed by atoms with Gasteiger partial charge in [0.05, 0.1) is 17.9 Å². The third-order valence-corrected chi connectivity index (χ3v) is 4.42. The van der Waals surface area contributed by atoms with Gasteiger partial charge in [0.25, 0.3) is 0 Å². The summed E-state index contributed by atoms with van der Waals surface area (Å²) in [7, 11) is 3.33. The summed E-state index contributed by atoms with van der Waals surface area (Å²) in [5.74, 6) is -3.80. The van der Waals surface area contributed by atoms with E-state index in [4.69, 9.17) is 0 Å². The van der Waals surface area contributed by atoms with Gasteiger partial charge in [-0.2, -0.15) is 5.10 Å². The van der Waals surface area contributed by atoms with E-state index in [2.05, 4.69) is 10.4 Å². The van der Waals surface area contributed by atoms with Gasteiger partial charge in [0.15, 0.2) is 17.5 Å². The van der Waals surface area contributed by atoms with Gasteiger partial charge < -0.3 is 10.2 Å². The first-order valence-electron chi connectivity index (χ1n) is 8.70. The predicted octanol–water partition coefficient (Wildman–Crippen LogP) is 2.48. The SMILES string of the molecule is CN(C)C(=O)NCc1cc2n(n1)CCCN(Cc1cc(F)c(F)c(F)c1)C2. The molecule has 2 aromatic rings. The van der Waals surface area contributed by atoms with Gasteiger partial charge in [0.2, 0.25) is 0 Å². The molecule has 1 aliphatic rings. The number of amides is 2. The summed E-state index contributed by atoms with van der Waals surface area (Å²) in [5, 5.41) is 7.28. The lowest BCUT2D eigenvalue weighted by Crippen LogP contribution is -2.34. The van der Waals surface area contributed by atoms with Gasteiger partial charge in [-0.05, 0) is 30.2 Å². The van der Waals surface area contributed by atoms with Crippen LogP contribution >= 0.6 is 0 Å². The third-order valence-electron chi connectivity index (χ3n) is 4.42. The minimum Gasteiger partial charge on any atom is -0.332 e. The van der Waals surface area contributed by atoms with Gasteiger partial charge in [0.1, 0.15) is 0 Å². The number of aromatic nitrogens is 2. The molecule has 0 unspecified atom stereocenters. The Labute approximate surface area is 155 Å². The van der Waals surface area contributed by atoms with Gasteiger partial charge in [-0.3, -0.25) is 9.58 Å². The van der Waals surface area contributed by atoms with Crippen molar-refractivity contribution in [3.8, 4) is 0 Å². The molecule has 2 heterocycles. The van der Waals surface area contributed by atoms with Crippen molar-refractivity contribution < 1.29 is 18.0 Å². The maximum atomic E-state index is 13.4.